The third-order valence-electron chi connectivity index (χ3n) is 2.86. The van der Waals surface area contributed by atoms with Crippen molar-refractivity contribution in [1.82, 2.24) is 0 Å². The van der Waals surface area contributed by atoms with Gasteiger partial charge in [0, 0.05) is 5.92 Å². The molecule has 0 aliphatic heterocycles. The van der Waals surface area contributed by atoms with Crippen LogP contribution in [0.2, 0.25) is 0 Å². The van der Waals surface area contributed by atoms with E-state index in [9.17, 15) is 4.79 Å². The Morgan fingerprint density at radius 1 is 1.44 bits per heavy atom. The maximum atomic E-state index is 10.4. The van der Waals surface area contributed by atoms with E-state index in [0.717, 1.165) is 24.2 Å². The van der Waals surface area contributed by atoms with Gasteiger partial charge in [0.25, 0.3) is 6.47 Å². The van der Waals surface area contributed by atoms with Crippen LogP contribution in [0.15, 0.2) is 42.7 Å². The Kier molecular flexibility index (Phi) is 3.20. The molecule has 0 bridgehead atoms. The van der Waals surface area contributed by atoms with Crippen LogP contribution in [0.4, 0.5) is 0 Å². The second-order valence-corrected chi connectivity index (χ2v) is 3.89. The molecule has 1 aromatic carbocycles. The maximum absolute atomic E-state index is 10.4. The summed E-state index contributed by atoms with van der Waals surface area (Å²) in [5.74, 6) is 0.978. The third-order valence-corrected chi connectivity index (χ3v) is 2.86. The lowest BCUT2D eigenvalue weighted by atomic mass is 9.86. The summed E-state index contributed by atoms with van der Waals surface area (Å²) >= 11 is 0. The number of allylic oxidation sites excluding steroid dienone is 2. The van der Waals surface area contributed by atoms with Crippen molar-refractivity contribution in [3.05, 3.63) is 53.8 Å². The van der Waals surface area contributed by atoms with E-state index < -0.39 is 0 Å². The summed E-state index contributed by atoms with van der Waals surface area (Å²) in [5, 5.41) is 0. The van der Waals surface area contributed by atoms with E-state index in [1.807, 2.05) is 30.4 Å². The van der Waals surface area contributed by atoms with E-state index >= 15 is 0 Å². The molecule has 0 spiro atoms. The zero-order valence-corrected chi connectivity index (χ0v) is 9.06. The molecule has 0 N–H and O–H groups in total. The summed E-state index contributed by atoms with van der Waals surface area (Å²) in [6.07, 6.45) is 5.54. The maximum Gasteiger partial charge on any atom is 0.298 e. The molecule has 0 fully saturated rings. The summed E-state index contributed by atoms with van der Waals surface area (Å²) in [6, 6.07) is 8.16. The molecule has 0 amide bonds. The number of fused-ring (bicyclic) bond motifs is 1. The normalized spacial score (nSPS) is 18.2. The van der Waals surface area contributed by atoms with E-state index in [0.29, 0.717) is 6.47 Å². The second kappa shape index (κ2) is 4.79. The SMILES string of the molecule is C=CCC1Cc2ccccc2C=C1OC=O. The fraction of sp³-hybridized carbons (Fsp3) is 0.214. The summed E-state index contributed by atoms with van der Waals surface area (Å²) in [7, 11) is 0. The molecule has 1 aliphatic rings. The van der Waals surface area contributed by atoms with Crippen molar-refractivity contribution in [2.24, 2.45) is 5.92 Å². The van der Waals surface area contributed by atoms with E-state index in [1.165, 1.54) is 5.56 Å². The van der Waals surface area contributed by atoms with Gasteiger partial charge in [0.1, 0.15) is 5.76 Å². The monoisotopic (exact) mass is 214 g/mol. The molecule has 0 heterocycles. The van der Waals surface area contributed by atoms with Gasteiger partial charge in [0.2, 0.25) is 0 Å². The fourth-order valence-electron chi connectivity index (χ4n) is 2.08. The Balaban J connectivity index is 2.34. The second-order valence-electron chi connectivity index (χ2n) is 3.89. The minimum Gasteiger partial charge on any atom is -0.433 e. The van der Waals surface area contributed by atoms with E-state index in [1.54, 1.807) is 0 Å². The van der Waals surface area contributed by atoms with Gasteiger partial charge in [0.15, 0.2) is 0 Å². The Labute approximate surface area is 95.2 Å². The Bertz CT molecular complexity index is 432. The van der Waals surface area contributed by atoms with Gasteiger partial charge < -0.3 is 4.74 Å². The smallest absolute Gasteiger partial charge is 0.298 e. The molecular formula is C14H14O2. The molecule has 0 saturated carbocycles. The van der Waals surface area contributed by atoms with Crippen LogP contribution in [0, 0.1) is 5.92 Å². The largest absolute Gasteiger partial charge is 0.433 e. The van der Waals surface area contributed by atoms with Gasteiger partial charge in [-0.3, -0.25) is 4.79 Å². The van der Waals surface area contributed by atoms with Crippen molar-refractivity contribution in [2.75, 3.05) is 0 Å². The first-order valence-corrected chi connectivity index (χ1v) is 5.36. The van der Waals surface area contributed by atoms with Crippen molar-refractivity contribution >= 4 is 12.5 Å². The third kappa shape index (κ3) is 2.06. The number of carbonyl (C=O) groups excluding carboxylic acids is 1. The van der Waals surface area contributed by atoms with Gasteiger partial charge in [0.05, 0.1) is 0 Å². The average molecular weight is 214 g/mol. The summed E-state index contributed by atoms with van der Waals surface area (Å²) < 4.78 is 5.04. The van der Waals surface area contributed by atoms with Gasteiger partial charge in [-0.15, -0.1) is 6.58 Å². The molecule has 82 valence electrons. The van der Waals surface area contributed by atoms with E-state index in [-0.39, 0.29) is 5.92 Å². The van der Waals surface area contributed by atoms with Crippen molar-refractivity contribution in [1.29, 1.82) is 0 Å². The van der Waals surface area contributed by atoms with Gasteiger partial charge in [-0.2, -0.15) is 0 Å². The first-order chi connectivity index (χ1) is 7.85. The molecule has 16 heavy (non-hydrogen) atoms. The zero-order valence-electron chi connectivity index (χ0n) is 9.06. The van der Waals surface area contributed by atoms with Crippen LogP contribution in [0.1, 0.15) is 17.5 Å². The van der Waals surface area contributed by atoms with Gasteiger partial charge in [-0.05, 0) is 30.0 Å². The molecule has 1 aliphatic carbocycles. The Morgan fingerprint density at radius 2 is 2.25 bits per heavy atom. The Hall–Kier alpha value is -1.83. The highest BCUT2D eigenvalue weighted by Crippen LogP contribution is 2.30. The van der Waals surface area contributed by atoms with Crippen LogP contribution in [-0.4, -0.2) is 6.47 Å². The first kappa shape index (κ1) is 10.7. The summed E-state index contributed by atoms with van der Waals surface area (Å²) in [5.41, 5.74) is 2.44. The molecule has 0 aromatic heterocycles. The molecule has 0 radical (unpaired) electrons. The molecular weight excluding hydrogens is 200 g/mol. The standard InChI is InChI=1S/C14H14O2/c1-2-5-13-8-11-6-3-4-7-12(11)9-14(13)16-10-15/h2-4,6-7,9-10,13H,1,5,8H2. The van der Waals surface area contributed by atoms with Crippen molar-refractivity contribution in [2.45, 2.75) is 12.8 Å². The first-order valence-electron chi connectivity index (χ1n) is 5.36. The molecule has 1 aromatic rings. The van der Waals surface area contributed by atoms with E-state index in [4.69, 9.17) is 4.74 Å². The van der Waals surface area contributed by atoms with E-state index in [2.05, 4.69) is 12.6 Å². The topological polar surface area (TPSA) is 26.3 Å². The van der Waals surface area contributed by atoms with Crippen LogP contribution in [0.25, 0.3) is 6.08 Å². The summed E-state index contributed by atoms with van der Waals surface area (Å²) in [6.45, 7) is 4.23. The minimum absolute atomic E-state index is 0.234. The lowest BCUT2D eigenvalue weighted by Crippen LogP contribution is -2.14. The average Bonchev–Trinajstić information content (AvgIpc) is 2.30. The van der Waals surface area contributed by atoms with Crippen LogP contribution in [0.3, 0.4) is 0 Å². The van der Waals surface area contributed by atoms with Gasteiger partial charge in [-0.1, -0.05) is 30.3 Å². The highest BCUT2D eigenvalue weighted by molar-refractivity contribution is 5.60. The Morgan fingerprint density at radius 3 is 3.00 bits per heavy atom. The molecule has 0 saturated heterocycles. The number of hydrogen-bond acceptors (Lipinski definition) is 2. The van der Waals surface area contributed by atoms with Gasteiger partial charge >= 0.3 is 0 Å². The van der Waals surface area contributed by atoms with Gasteiger partial charge in [-0.25, -0.2) is 0 Å². The van der Waals surface area contributed by atoms with Crippen molar-refractivity contribution in [3.8, 4) is 0 Å². The summed E-state index contributed by atoms with van der Waals surface area (Å²) in [4.78, 5) is 10.4. The molecule has 2 nitrogen and oxygen atoms in total. The van der Waals surface area contributed by atoms with Crippen molar-refractivity contribution < 1.29 is 9.53 Å². The predicted molar refractivity (Wildman–Crippen MR) is 63.6 cm³/mol. The predicted octanol–water partition coefficient (Wildman–Crippen LogP) is 2.95. The van der Waals surface area contributed by atoms with Crippen LogP contribution >= 0.6 is 0 Å². The van der Waals surface area contributed by atoms with Crippen LogP contribution < -0.4 is 0 Å². The number of rotatable bonds is 4. The zero-order chi connectivity index (χ0) is 11.4. The molecule has 1 unspecified atom stereocenters. The van der Waals surface area contributed by atoms with Crippen molar-refractivity contribution in [3.63, 3.8) is 0 Å². The van der Waals surface area contributed by atoms with Crippen LogP contribution in [0.5, 0.6) is 0 Å². The number of hydrogen-bond donors (Lipinski definition) is 0. The highest BCUT2D eigenvalue weighted by atomic mass is 16.5. The number of benzene rings is 1. The molecule has 1 atom stereocenters. The highest BCUT2D eigenvalue weighted by Gasteiger charge is 2.21. The lowest BCUT2D eigenvalue weighted by Gasteiger charge is -2.23. The minimum atomic E-state index is 0.234. The fourth-order valence-corrected chi connectivity index (χ4v) is 2.08. The number of ether oxygens (including phenoxy) is 1. The number of carbonyl (C=O) groups is 1. The van der Waals surface area contributed by atoms with Crippen LogP contribution in [-0.2, 0) is 16.0 Å². The quantitative estimate of drug-likeness (QED) is 0.569. The molecule has 2 heteroatoms. The lowest BCUT2D eigenvalue weighted by molar-refractivity contribution is -0.125. The molecule has 2 rings (SSSR count).